The molecule has 0 unspecified atom stereocenters. The van der Waals surface area contributed by atoms with Gasteiger partial charge in [-0.15, -0.1) is 0 Å². The Balaban J connectivity index is 3.39. The fraction of sp³-hybridized carbons (Fsp3) is 0.400. The van der Waals surface area contributed by atoms with Crippen molar-refractivity contribution in [2.75, 3.05) is 0 Å². The van der Waals surface area contributed by atoms with E-state index in [1.54, 1.807) is 0 Å². The first-order valence-corrected chi connectivity index (χ1v) is 4.35. The van der Waals surface area contributed by atoms with Gasteiger partial charge in [0.05, 0.1) is 6.10 Å². The van der Waals surface area contributed by atoms with E-state index >= 15 is 0 Å². The van der Waals surface area contributed by atoms with E-state index in [9.17, 15) is 17.6 Å². The third kappa shape index (κ3) is 2.06. The van der Waals surface area contributed by atoms with Crippen LogP contribution in [0.25, 0.3) is 0 Å². The minimum absolute atomic E-state index is 0.574. The predicted molar refractivity (Wildman–Crippen MR) is 46.8 cm³/mol. The van der Waals surface area contributed by atoms with Crippen molar-refractivity contribution >= 4 is 0 Å². The van der Waals surface area contributed by atoms with Crippen molar-refractivity contribution in [2.24, 2.45) is 0 Å². The van der Waals surface area contributed by atoms with E-state index in [2.05, 4.69) is 4.74 Å². The summed E-state index contributed by atoms with van der Waals surface area (Å²) in [5.41, 5.74) is -0.693. The molecule has 0 aliphatic heterocycles. The Morgan fingerprint density at radius 1 is 0.867 bits per heavy atom. The lowest BCUT2D eigenvalue weighted by atomic mass is 10.2. The van der Waals surface area contributed by atoms with Crippen LogP contribution in [0, 0.1) is 30.2 Å². The van der Waals surface area contributed by atoms with E-state index in [-0.39, 0.29) is 0 Å². The molecular formula is C10H10F4O. The van der Waals surface area contributed by atoms with Crippen molar-refractivity contribution in [2.45, 2.75) is 26.9 Å². The van der Waals surface area contributed by atoms with E-state index in [1.807, 2.05) is 0 Å². The highest BCUT2D eigenvalue weighted by atomic mass is 19.2. The van der Waals surface area contributed by atoms with Gasteiger partial charge in [-0.3, -0.25) is 0 Å². The van der Waals surface area contributed by atoms with Gasteiger partial charge < -0.3 is 4.74 Å². The van der Waals surface area contributed by atoms with Crippen molar-refractivity contribution in [3.05, 3.63) is 28.8 Å². The zero-order valence-corrected chi connectivity index (χ0v) is 8.50. The summed E-state index contributed by atoms with van der Waals surface area (Å²) in [6.45, 7) is 3.94. The molecule has 0 saturated carbocycles. The van der Waals surface area contributed by atoms with Crippen LogP contribution in [-0.4, -0.2) is 6.10 Å². The van der Waals surface area contributed by atoms with Crippen LogP contribution >= 0.6 is 0 Å². The molecule has 0 aromatic heterocycles. The molecule has 0 amide bonds. The standard InChI is InChI=1S/C10H10F4O/c1-4(2)15-10-8(13)6(11)5(3)7(12)9(10)14/h4H,1-3H3. The molecule has 0 bridgehead atoms. The summed E-state index contributed by atoms with van der Waals surface area (Å²) in [4.78, 5) is 0. The largest absolute Gasteiger partial charge is 0.485 e. The summed E-state index contributed by atoms with van der Waals surface area (Å²) in [5, 5.41) is 0. The van der Waals surface area contributed by atoms with E-state index in [0.29, 0.717) is 0 Å². The van der Waals surface area contributed by atoms with Crippen molar-refractivity contribution in [1.82, 2.24) is 0 Å². The lowest BCUT2D eigenvalue weighted by molar-refractivity contribution is 0.211. The lowest BCUT2D eigenvalue weighted by Gasteiger charge is -2.13. The van der Waals surface area contributed by atoms with Crippen LogP contribution in [-0.2, 0) is 0 Å². The van der Waals surface area contributed by atoms with Crippen LogP contribution in [0.3, 0.4) is 0 Å². The van der Waals surface area contributed by atoms with Crippen molar-refractivity contribution in [3.8, 4) is 5.75 Å². The zero-order chi connectivity index (χ0) is 11.7. The first-order chi connectivity index (χ1) is 6.86. The number of rotatable bonds is 2. The molecule has 1 rings (SSSR count). The van der Waals surface area contributed by atoms with Gasteiger partial charge >= 0.3 is 0 Å². The second kappa shape index (κ2) is 4.08. The van der Waals surface area contributed by atoms with Crippen LogP contribution in [0.4, 0.5) is 17.6 Å². The summed E-state index contributed by atoms with van der Waals surface area (Å²) >= 11 is 0. The van der Waals surface area contributed by atoms with Gasteiger partial charge in [-0.2, -0.15) is 8.78 Å². The quantitative estimate of drug-likeness (QED) is 0.550. The van der Waals surface area contributed by atoms with Crippen molar-refractivity contribution < 1.29 is 22.3 Å². The van der Waals surface area contributed by atoms with E-state index in [1.165, 1.54) is 13.8 Å². The normalized spacial score (nSPS) is 10.9. The molecular weight excluding hydrogens is 212 g/mol. The molecule has 5 heteroatoms. The van der Waals surface area contributed by atoms with Crippen LogP contribution in [0.1, 0.15) is 19.4 Å². The third-order valence-corrected chi connectivity index (χ3v) is 1.80. The van der Waals surface area contributed by atoms with Gasteiger partial charge in [0.15, 0.2) is 17.4 Å². The smallest absolute Gasteiger partial charge is 0.204 e. The average molecular weight is 222 g/mol. The Bertz CT molecular complexity index is 358. The Morgan fingerprint density at radius 3 is 1.60 bits per heavy atom. The zero-order valence-electron chi connectivity index (χ0n) is 8.50. The first-order valence-electron chi connectivity index (χ1n) is 4.35. The summed E-state index contributed by atoms with van der Waals surface area (Å²) in [7, 11) is 0. The van der Waals surface area contributed by atoms with Crippen LogP contribution in [0.5, 0.6) is 5.75 Å². The first kappa shape index (κ1) is 11.8. The number of hydrogen-bond donors (Lipinski definition) is 0. The van der Waals surface area contributed by atoms with Crippen LogP contribution < -0.4 is 4.74 Å². The van der Waals surface area contributed by atoms with Crippen molar-refractivity contribution in [1.29, 1.82) is 0 Å². The maximum atomic E-state index is 13.2. The van der Waals surface area contributed by atoms with E-state index in [0.717, 1.165) is 6.92 Å². The van der Waals surface area contributed by atoms with Crippen molar-refractivity contribution in [3.63, 3.8) is 0 Å². The average Bonchev–Trinajstić information content (AvgIpc) is 2.18. The fourth-order valence-electron chi connectivity index (χ4n) is 1.06. The monoisotopic (exact) mass is 222 g/mol. The Morgan fingerprint density at radius 2 is 1.27 bits per heavy atom. The second-order valence-corrected chi connectivity index (χ2v) is 3.38. The molecule has 84 valence electrons. The summed E-state index contributed by atoms with van der Waals surface area (Å²) in [6.07, 6.45) is -0.574. The molecule has 1 aromatic carbocycles. The molecule has 0 aliphatic rings. The summed E-state index contributed by atoms with van der Waals surface area (Å²) in [6, 6.07) is 0. The Kier molecular flexibility index (Phi) is 3.21. The Hall–Kier alpha value is -1.26. The molecule has 0 heterocycles. The van der Waals surface area contributed by atoms with Gasteiger partial charge in [0.25, 0.3) is 0 Å². The predicted octanol–water partition coefficient (Wildman–Crippen LogP) is 3.34. The molecule has 15 heavy (non-hydrogen) atoms. The minimum atomic E-state index is -1.50. The molecule has 0 spiro atoms. The van der Waals surface area contributed by atoms with Gasteiger partial charge in [-0.1, -0.05) is 0 Å². The van der Waals surface area contributed by atoms with Gasteiger partial charge in [-0.05, 0) is 20.8 Å². The molecule has 0 fully saturated rings. The highest BCUT2D eigenvalue weighted by Gasteiger charge is 2.24. The molecule has 0 saturated heterocycles. The topological polar surface area (TPSA) is 9.23 Å². The van der Waals surface area contributed by atoms with E-state index < -0.39 is 40.7 Å². The van der Waals surface area contributed by atoms with E-state index in [4.69, 9.17) is 0 Å². The number of ether oxygens (including phenoxy) is 1. The number of benzene rings is 1. The highest BCUT2D eigenvalue weighted by Crippen LogP contribution is 2.30. The maximum Gasteiger partial charge on any atom is 0.204 e. The fourth-order valence-corrected chi connectivity index (χ4v) is 1.06. The molecule has 0 N–H and O–H groups in total. The highest BCUT2D eigenvalue weighted by molar-refractivity contribution is 5.33. The van der Waals surface area contributed by atoms with Gasteiger partial charge in [-0.25, -0.2) is 8.78 Å². The summed E-state index contributed by atoms with van der Waals surface area (Å²) < 4.78 is 57.0. The maximum absolute atomic E-state index is 13.2. The number of hydrogen-bond acceptors (Lipinski definition) is 1. The van der Waals surface area contributed by atoms with Gasteiger partial charge in [0.2, 0.25) is 11.6 Å². The number of halogens is 4. The molecule has 0 atom stereocenters. The lowest BCUT2D eigenvalue weighted by Crippen LogP contribution is -2.12. The molecule has 1 nitrogen and oxygen atoms in total. The molecule has 1 aromatic rings. The Labute approximate surface area is 84.7 Å². The molecule has 0 radical (unpaired) electrons. The summed E-state index contributed by atoms with van der Waals surface area (Å²) in [5.74, 6) is -6.86. The molecule has 0 aliphatic carbocycles. The third-order valence-electron chi connectivity index (χ3n) is 1.80. The van der Waals surface area contributed by atoms with Crippen LogP contribution in [0.2, 0.25) is 0 Å². The van der Waals surface area contributed by atoms with Crippen LogP contribution in [0.15, 0.2) is 0 Å². The SMILES string of the molecule is Cc1c(F)c(F)c(OC(C)C)c(F)c1F. The minimum Gasteiger partial charge on any atom is -0.485 e. The van der Waals surface area contributed by atoms with Gasteiger partial charge in [0, 0.05) is 5.56 Å². The second-order valence-electron chi connectivity index (χ2n) is 3.38. The van der Waals surface area contributed by atoms with Gasteiger partial charge in [0.1, 0.15) is 0 Å².